The molecule has 1 aliphatic heterocycles. The molecule has 0 fully saturated rings. The average Bonchev–Trinajstić information content (AvgIpc) is 3.29. The van der Waals surface area contributed by atoms with Crippen LogP contribution in [0.3, 0.4) is 0 Å². The number of fused-ring (bicyclic) bond motifs is 3. The molecule has 0 atom stereocenters. The molecule has 0 saturated heterocycles. The van der Waals surface area contributed by atoms with Gasteiger partial charge in [-0.3, -0.25) is 9.36 Å². The van der Waals surface area contributed by atoms with E-state index >= 15 is 0 Å². The van der Waals surface area contributed by atoms with E-state index in [0.717, 1.165) is 45.2 Å². The molecule has 130 valence electrons. The molecule has 0 aliphatic carbocycles. The van der Waals surface area contributed by atoms with Crippen molar-refractivity contribution in [3.05, 3.63) is 68.5 Å². The lowest BCUT2D eigenvalue weighted by molar-refractivity contribution is 0.656. The van der Waals surface area contributed by atoms with Crippen LogP contribution in [-0.2, 0) is 19.5 Å². The minimum absolute atomic E-state index is 0.0593. The summed E-state index contributed by atoms with van der Waals surface area (Å²) in [7, 11) is 0. The van der Waals surface area contributed by atoms with Crippen molar-refractivity contribution >= 4 is 32.9 Å². The van der Waals surface area contributed by atoms with Crippen molar-refractivity contribution in [1.29, 1.82) is 0 Å². The fraction of sp³-hybridized carbons (Fsp3) is 0.211. The van der Waals surface area contributed by atoms with E-state index in [4.69, 9.17) is 0 Å². The highest BCUT2D eigenvalue weighted by atomic mass is 32.1. The zero-order chi connectivity index (χ0) is 17.5. The topological polar surface area (TPSA) is 59.8 Å². The summed E-state index contributed by atoms with van der Waals surface area (Å²) < 4.78 is 1.71. The largest absolute Gasteiger partial charge is 0.312 e. The van der Waals surface area contributed by atoms with E-state index in [9.17, 15) is 4.79 Å². The Morgan fingerprint density at radius 2 is 2.04 bits per heavy atom. The van der Waals surface area contributed by atoms with Gasteiger partial charge in [-0.2, -0.15) is 0 Å². The first-order chi connectivity index (χ1) is 12.8. The van der Waals surface area contributed by atoms with Gasteiger partial charge >= 0.3 is 0 Å². The summed E-state index contributed by atoms with van der Waals surface area (Å²) in [6, 6.07) is 10.1. The molecule has 5 rings (SSSR count). The molecule has 7 heteroatoms. The van der Waals surface area contributed by atoms with Gasteiger partial charge in [0.2, 0.25) is 0 Å². The summed E-state index contributed by atoms with van der Waals surface area (Å²) in [6.45, 7) is 2.27. The SMILES string of the molecule is O=c1c2c3c(sc2ncn1Cc1cnc(-c2ccccc2)s1)CNCC3. The first kappa shape index (κ1) is 15.9. The standard InChI is InChI=1S/C19H16N4OS2/c24-19-16-14-6-7-20-9-15(14)26-18(16)22-11-23(19)10-13-8-21-17(25-13)12-4-2-1-3-5-12/h1-5,8,11,20H,6-7,9-10H2. The first-order valence-electron chi connectivity index (χ1n) is 8.50. The van der Waals surface area contributed by atoms with E-state index in [1.165, 1.54) is 10.4 Å². The number of aromatic nitrogens is 3. The molecule has 1 aliphatic rings. The van der Waals surface area contributed by atoms with Gasteiger partial charge in [-0.1, -0.05) is 30.3 Å². The Bertz CT molecular complexity index is 1140. The molecular weight excluding hydrogens is 364 g/mol. The second kappa shape index (κ2) is 6.42. The van der Waals surface area contributed by atoms with Crippen molar-refractivity contribution in [3.8, 4) is 10.6 Å². The van der Waals surface area contributed by atoms with Gasteiger partial charge in [0, 0.05) is 28.1 Å². The molecule has 0 radical (unpaired) electrons. The monoisotopic (exact) mass is 380 g/mol. The summed E-state index contributed by atoms with van der Waals surface area (Å²) in [5.41, 5.74) is 2.35. The second-order valence-electron chi connectivity index (χ2n) is 6.29. The fourth-order valence-electron chi connectivity index (χ4n) is 3.33. The Hall–Kier alpha value is -2.35. The molecule has 5 nitrogen and oxygen atoms in total. The van der Waals surface area contributed by atoms with Gasteiger partial charge in [-0.05, 0) is 18.5 Å². The Balaban J connectivity index is 1.51. The number of thiazole rings is 1. The highest BCUT2D eigenvalue weighted by Gasteiger charge is 2.20. The summed E-state index contributed by atoms with van der Waals surface area (Å²) in [5.74, 6) is 0. The van der Waals surface area contributed by atoms with Crippen LogP contribution >= 0.6 is 22.7 Å². The lowest BCUT2D eigenvalue weighted by Crippen LogP contribution is -2.25. The summed E-state index contributed by atoms with van der Waals surface area (Å²) in [4.78, 5) is 25.3. The van der Waals surface area contributed by atoms with Crippen LogP contribution in [0, 0.1) is 0 Å². The Morgan fingerprint density at radius 1 is 1.15 bits per heavy atom. The van der Waals surface area contributed by atoms with Gasteiger partial charge in [-0.15, -0.1) is 22.7 Å². The highest BCUT2D eigenvalue weighted by molar-refractivity contribution is 7.18. The maximum absolute atomic E-state index is 13.0. The zero-order valence-electron chi connectivity index (χ0n) is 13.9. The lowest BCUT2D eigenvalue weighted by atomic mass is 10.1. The van der Waals surface area contributed by atoms with E-state index < -0.39 is 0 Å². The predicted octanol–water partition coefficient (Wildman–Crippen LogP) is 3.28. The van der Waals surface area contributed by atoms with Crippen LogP contribution < -0.4 is 10.9 Å². The quantitative estimate of drug-likeness (QED) is 0.593. The van der Waals surface area contributed by atoms with Crippen molar-refractivity contribution in [2.24, 2.45) is 0 Å². The molecule has 26 heavy (non-hydrogen) atoms. The smallest absolute Gasteiger partial charge is 0.262 e. The third-order valence-electron chi connectivity index (χ3n) is 4.60. The van der Waals surface area contributed by atoms with Crippen LogP contribution in [0.25, 0.3) is 20.8 Å². The number of benzene rings is 1. The average molecular weight is 380 g/mol. The fourth-order valence-corrected chi connectivity index (χ4v) is 5.39. The van der Waals surface area contributed by atoms with Crippen LogP contribution in [0.4, 0.5) is 0 Å². The third-order valence-corrected chi connectivity index (χ3v) is 6.77. The van der Waals surface area contributed by atoms with Crippen molar-refractivity contribution in [2.75, 3.05) is 6.54 Å². The summed E-state index contributed by atoms with van der Waals surface area (Å²) in [6.07, 6.45) is 4.42. The predicted molar refractivity (Wildman–Crippen MR) is 106 cm³/mol. The maximum atomic E-state index is 13.0. The number of thiophene rings is 1. The number of rotatable bonds is 3. The van der Waals surface area contributed by atoms with Gasteiger partial charge in [0.15, 0.2) is 0 Å². The van der Waals surface area contributed by atoms with Crippen molar-refractivity contribution in [1.82, 2.24) is 19.9 Å². The molecular formula is C19H16N4OS2. The number of hydrogen-bond acceptors (Lipinski definition) is 6. The van der Waals surface area contributed by atoms with Crippen molar-refractivity contribution in [2.45, 2.75) is 19.5 Å². The molecule has 0 unspecified atom stereocenters. The maximum Gasteiger partial charge on any atom is 0.262 e. The van der Waals surface area contributed by atoms with E-state index in [1.54, 1.807) is 33.6 Å². The Morgan fingerprint density at radius 3 is 2.92 bits per heavy atom. The van der Waals surface area contributed by atoms with Gasteiger partial charge < -0.3 is 5.32 Å². The molecule has 1 aromatic carbocycles. The summed E-state index contributed by atoms with van der Waals surface area (Å²) >= 11 is 3.25. The van der Waals surface area contributed by atoms with Crippen molar-refractivity contribution < 1.29 is 0 Å². The van der Waals surface area contributed by atoms with Gasteiger partial charge in [-0.25, -0.2) is 9.97 Å². The van der Waals surface area contributed by atoms with Crippen LogP contribution in [0.2, 0.25) is 0 Å². The first-order valence-corrected chi connectivity index (χ1v) is 10.1. The normalized spacial score (nSPS) is 13.8. The van der Waals surface area contributed by atoms with Crippen LogP contribution in [-0.4, -0.2) is 21.1 Å². The van der Waals surface area contributed by atoms with Crippen LogP contribution in [0.5, 0.6) is 0 Å². The highest BCUT2D eigenvalue weighted by Crippen LogP contribution is 2.30. The zero-order valence-corrected chi connectivity index (χ0v) is 15.6. The minimum atomic E-state index is 0.0593. The lowest BCUT2D eigenvalue weighted by Gasteiger charge is -2.12. The summed E-state index contributed by atoms with van der Waals surface area (Å²) in [5, 5.41) is 5.14. The number of hydrogen-bond donors (Lipinski definition) is 1. The molecule has 0 bridgehead atoms. The van der Waals surface area contributed by atoms with E-state index in [2.05, 4.69) is 15.3 Å². The number of nitrogens with one attached hydrogen (secondary N) is 1. The molecule has 4 heterocycles. The molecule has 0 saturated carbocycles. The Labute approximate surface area is 158 Å². The molecule has 0 spiro atoms. The van der Waals surface area contributed by atoms with E-state index in [-0.39, 0.29) is 5.56 Å². The molecule has 4 aromatic rings. The van der Waals surface area contributed by atoms with Gasteiger partial charge in [0.1, 0.15) is 9.84 Å². The molecule has 1 N–H and O–H groups in total. The molecule has 3 aromatic heterocycles. The van der Waals surface area contributed by atoms with E-state index in [0.29, 0.717) is 6.54 Å². The van der Waals surface area contributed by atoms with Gasteiger partial charge in [0.25, 0.3) is 5.56 Å². The second-order valence-corrected chi connectivity index (χ2v) is 8.48. The van der Waals surface area contributed by atoms with Gasteiger partial charge in [0.05, 0.1) is 18.3 Å². The van der Waals surface area contributed by atoms with Crippen LogP contribution in [0.15, 0.2) is 47.7 Å². The molecule has 0 amide bonds. The minimum Gasteiger partial charge on any atom is -0.312 e. The van der Waals surface area contributed by atoms with E-state index in [1.807, 2.05) is 36.5 Å². The number of nitrogens with zero attached hydrogens (tertiary/aromatic N) is 3. The van der Waals surface area contributed by atoms with Crippen LogP contribution in [0.1, 0.15) is 15.3 Å². The third kappa shape index (κ3) is 2.68. The van der Waals surface area contributed by atoms with Crippen molar-refractivity contribution in [3.63, 3.8) is 0 Å². The Kier molecular flexibility index (Phi) is 3.92.